The summed E-state index contributed by atoms with van der Waals surface area (Å²) in [4.78, 5) is 14.1. The predicted octanol–water partition coefficient (Wildman–Crippen LogP) is 3.26. The van der Waals surface area contributed by atoms with E-state index in [9.17, 15) is 18.0 Å². The molecule has 17 heavy (non-hydrogen) atoms. The number of aromatic amines is 1. The monoisotopic (exact) mass is 239 g/mol. The maximum Gasteiger partial charge on any atom is 0.417 e. The number of carbonyl (C=O) groups is 1. The molecule has 0 saturated heterocycles. The highest BCUT2D eigenvalue weighted by atomic mass is 19.4. The van der Waals surface area contributed by atoms with Gasteiger partial charge in [-0.3, -0.25) is 4.79 Å². The number of H-pyrrole nitrogens is 1. The molecule has 0 amide bonds. The molecule has 0 aliphatic carbocycles. The minimum absolute atomic E-state index is 0.0662. The minimum Gasteiger partial charge on any atom is -0.358 e. The molecule has 2 nitrogen and oxygen atoms in total. The number of rotatable bonds is 2. The largest absolute Gasteiger partial charge is 0.417 e. The lowest BCUT2D eigenvalue weighted by Crippen LogP contribution is -2.03. The summed E-state index contributed by atoms with van der Waals surface area (Å²) in [5.74, 6) is -0.457. The van der Waals surface area contributed by atoms with Gasteiger partial charge < -0.3 is 4.98 Å². The lowest BCUT2D eigenvalue weighted by molar-refractivity contribution is -0.137. The molecule has 0 fully saturated rings. The molecule has 1 aromatic carbocycles. The highest BCUT2D eigenvalue weighted by molar-refractivity contribution is 6.07. The molecular formula is C12H8F3NO. The third-order valence-electron chi connectivity index (χ3n) is 2.29. The average molecular weight is 239 g/mol. The molecule has 0 radical (unpaired) electrons. The fraction of sp³-hybridized carbons (Fsp3) is 0.0833. The molecule has 0 saturated carbocycles. The van der Waals surface area contributed by atoms with Gasteiger partial charge in [0, 0.05) is 11.8 Å². The third kappa shape index (κ3) is 2.38. The fourth-order valence-electron chi connectivity index (χ4n) is 1.43. The van der Waals surface area contributed by atoms with Crippen LogP contribution in [0.15, 0.2) is 42.6 Å². The summed E-state index contributed by atoms with van der Waals surface area (Å²) in [6.07, 6.45) is -3.65. The lowest BCUT2D eigenvalue weighted by Gasteiger charge is -2.00. The van der Waals surface area contributed by atoms with Crippen LogP contribution in [0.1, 0.15) is 21.6 Å². The van der Waals surface area contributed by atoms with E-state index in [1.165, 1.54) is 0 Å². The molecule has 5 heteroatoms. The zero-order valence-corrected chi connectivity index (χ0v) is 8.58. The van der Waals surface area contributed by atoms with Crippen LogP contribution in [0.5, 0.6) is 0 Å². The van der Waals surface area contributed by atoms with Gasteiger partial charge in [-0.05, 0) is 6.07 Å². The van der Waals surface area contributed by atoms with E-state index in [2.05, 4.69) is 4.98 Å². The second-order valence-corrected chi connectivity index (χ2v) is 3.49. The Morgan fingerprint density at radius 1 is 1.12 bits per heavy atom. The lowest BCUT2D eigenvalue weighted by atomic mass is 10.1. The Bertz CT molecular complexity index is 528. The van der Waals surface area contributed by atoms with Gasteiger partial charge in [0.25, 0.3) is 0 Å². The summed E-state index contributed by atoms with van der Waals surface area (Å²) in [5.41, 5.74) is -0.566. The zero-order valence-electron chi connectivity index (χ0n) is 8.58. The van der Waals surface area contributed by atoms with E-state index in [-0.39, 0.29) is 5.69 Å². The molecule has 0 atom stereocenters. The van der Waals surface area contributed by atoms with Crippen molar-refractivity contribution in [1.29, 1.82) is 0 Å². The number of halogens is 3. The molecule has 0 aliphatic heterocycles. The van der Waals surface area contributed by atoms with E-state index in [0.717, 1.165) is 12.3 Å². The van der Waals surface area contributed by atoms with Crippen LogP contribution in [0, 0.1) is 0 Å². The summed E-state index contributed by atoms with van der Waals surface area (Å²) < 4.78 is 37.0. The van der Waals surface area contributed by atoms with Crippen LogP contribution < -0.4 is 0 Å². The molecule has 88 valence electrons. The molecule has 1 N–H and O–H groups in total. The second-order valence-electron chi connectivity index (χ2n) is 3.49. The highest BCUT2D eigenvalue weighted by Gasteiger charge is 2.32. The van der Waals surface area contributed by atoms with Gasteiger partial charge >= 0.3 is 6.18 Å². The standard InChI is InChI=1S/C12H8F3NO/c13-12(14,15)9-6-10(16-7-9)11(17)8-4-2-1-3-5-8/h1-7,16H. The number of ketones is 1. The first-order valence-corrected chi connectivity index (χ1v) is 4.84. The second kappa shape index (κ2) is 4.08. The Hall–Kier alpha value is -2.04. The number of aromatic nitrogens is 1. The maximum absolute atomic E-state index is 12.3. The van der Waals surface area contributed by atoms with Gasteiger partial charge in [-0.2, -0.15) is 13.2 Å². The smallest absolute Gasteiger partial charge is 0.358 e. The number of carbonyl (C=O) groups excluding carboxylic acids is 1. The summed E-state index contributed by atoms with van der Waals surface area (Å²) in [5, 5.41) is 0. The van der Waals surface area contributed by atoms with Gasteiger partial charge in [0.2, 0.25) is 5.78 Å². The highest BCUT2D eigenvalue weighted by Crippen LogP contribution is 2.29. The van der Waals surface area contributed by atoms with Crippen LogP contribution in [0.3, 0.4) is 0 Å². The van der Waals surface area contributed by atoms with E-state index >= 15 is 0 Å². The van der Waals surface area contributed by atoms with Crippen molar-refractivity contribution in [3.8, 4) is 0 Å². The van der Waals surface area contributed by atoms with Crippen molar-refractivity contribution in [2.75, 3.05) is 0 Å². The molecule has 2 aromatic rings. The SMILES string of the molecule is O=C(c1ccccc1)c1cc(C(F)(F)F)c[nH]1. The minimum atomic E-state index is -4.44. The van der Waals surface area contributed by atoms with E-state index in [1.54, 1.807) is 30.3 Å². The normalized spacial score (nSPS) is 11.5. The zero-order chi connectivity index (χ0) is 12.5. The number of nitrogens with one attached hydrogen (secondary N) is 1. The van der Waals surface area contributed by atoms with Gasteiger partial charge in [0.1, 0.15) is 0 Å². The van der Waals surface area contributed by atoms with E-state index in [1.807, 2.05) is 0 Å². The Labute approximate surface area is 95.1 Å². The molecule has 1 heterocycles. The molecule has 0 aliphatic rings. The first kappa shape index (κ1) is 11.4. The summed E-state index contributed by atoms with van der Waals surface area (Å²) in [6, 6.07) is 8.95. The topological polar surface area (TPSA) is 32.9 Å². The number of benzene rings is 1. The third-order valence-corrected chi connectivity index (χ3v) is 2.29. The molecule has 0 spiro atoms. The predicted molar refractivity (Wildman–Crippen MR) is 55.7 cm³/mol. The van der Waals surface area contributed by atoms with Crippen LogP contribution in [0.25, 0.3) is 0 Å². The quantitative estimate of drug-likeness (QED) is 0.801. The first-order valence-electron chi connectivity index (χ1n) is 4.84. The van der Waals surface area contributed by atoms with Crippen molar-refractivity contribution in [3.05, 3.63) is 59.4 Å². The van der Waals surface area contributed by atoms with Crippen LogP contribution >= 0.6 is 0 Å². The van der Waals surface area contributed by atoms with Crippen molar-refractivity contribution in [3.63, 3.8) is 0 Å². The fourth-order valence-corrected chi connectivity index (χ4v) is 1.43. The van der Waals surface area contributed by atoms with Gasteiger partial charge in [0.05, 0.1) is 11.3 Å². The van der Waals surface area contributed by atoms with Gasteiger partial charge in [-0.25, -0.2) is 0 Å². The Balaban J connectivity index is 2.30. The summed E-state index contributed by atoms with van der Waals surface area (Å²) >= 11 is 0. The van der Waals surface area contributed by atoms with Crippen LogP contribution in [-0.2, 0) is 6.18 Å². The summed E-state index contributed by atoms with van der Waals surface area (Å²) in [6.45, 7) is 0. The Morgan fingerprint density at radius 2 is 1.76 bits per heavy atom. The molecule has 0 unspecified atom stereocenters. The van der Waals surface area contributed by atoms with Crippen molar-refractivity contribution >= 4 is 5.78 Å². The molecule has 0 bridgehead atoms. The Kier molecular flexibility index (Phi) is 2.75. The van der Waals surface area contributed by atoms with Crippen LogP contribution in [0.4, 0.5) is 13.2 Å². The summed E-state index contributed by atoms with van der Waals surface area (Å²) in [7, 11) is 0. The molecule has 1 aromatic heterocycles. The Morgan fingerprint density at radius 3 is 2.29 bits per heavy atom. The van der Waals surface area contributed by atoms with E-state index < -0.39 is 17.5 Å². The number of alkyl halides is 3. The van der Waals surface area contributed by atoms with Gasteiger partial charge in [0.15, 0.2) is 0 Å². The van der Waals surface area contributed by atoms with Crippen molar-refractivity contribution in [2.45, 2.75) is 6.18 Å². The van der Waals surface area contributed by atoms with Crippen LogP contribution in [0.2, 0.25) is 0 Å². The van der Waals surface area contributed by atoms with Gasteiger partial charge in [-0.1, -0.05) is 30.3 Å². The van der Waals surface area contributed by atoms with Gasteiger partial charge in [-0.15, -0.1) is 0 Å². The average Bonchev–Trinajstić information content (AvgIpc) is 2.78. The number of hydrogen-bond donors (Lipinski definition) is 1. The maximum atomic E-state index is 12.3. The number of hydrogen-bond acceptors (Lipinski definition) is 1. The molecular weight excluding hydrogens is 231 g/mol. The van der Waals surface area contributed by atoms with Crippen molar-refractivity contribution < 1.29 is 18.0 Å². The van der Waals surface area contributed by atoms with Crippen molar-refractivity contribution in [2.24, 2.45) is 0 Å². The molecule has 2 rings (SSSR count). The van der Waals surface area contributed by atoms with Crippen molar-refractivity contribution in [1.82, 2.24) is 4.98 Å². The first-order chi connectivity index (χ1) is 7.98. The van der Waals surface area contributed by atoms with Crippen LogP contribution in [-0.4, -0.2) is 10.8 Å². The van der Waals surface area contributed by atoms with E-state index in [0.29, 0.717) is 5.56 Å². The van der Waals surface area contributed by atoms with E-state index in [4.69, 9.17) is 0 Å².